The normalized spacial score (nSPS) is 28.0. The smallest absolute Gasteiger partial charge is 0.0615 e. The number of nitrogens with zero attached hydrogens (tertiary/aromatic N) is 1. The van der Waals surface area contributed by atoms with E-state index >= 15 is 0 Å². The lowest BCUT2D eigenvalue weighted by atomic mass is 9.76. The summed E-state index contributed by atoms with van der Waals surface area (Å²) >= 11 is 0. The van der Waals surface area contributed by atoms with Gasteiger partial charge < -0.3 is 10.1 Å². The minimum absolute atomic E-state index is 0.522. The van der Waals surface area contributed by atoms with Crippen LogP contribution < -0.4 is 5.32 Å². The first kappa shape index (κ1) is 18.9. The molecule has 1 aliphatic carbocycles. The van der Waals surface area contributed by atoms with Gasteiger partial charge in [0.1, 0.15) is 0 Å². The van der Waals surface area contributed by atoms with Gasteiger partial charge in [-0.1, -0.05) is 33.6 Å². The maximum atomic E-state index is 5.35. The zero-order chi connectivity index (χ0) is 15.7. The Morgan fingerprint density at radius 3 is 2.57 bits per heavy atom. The van der Waals surface area contributed by atoms with Gasteiger partial charge in [0, 0.05) is 25.7 Å². The van der Waals surface area contributed by atoms with Crippen LogP contribution in [-0.4, -0.2) is 50.3 Å². The zero-order valence-electron chi connectivity index (χ0n) is 15.0. The fourth-order valence-corrected chi connectivity index (χ4v) is 4.03. The number of methoxy groups -OCH3 is 1. The Labute approximate surface area is 132 Å². The van der Waals surface area contributed by atoms with Crippen molar-refractivity contribution in [3.8, 4) is 0 Å². The molecule has 1 aliphatic rings. The van der Waals surface area contributed by atoms with Gasteiger partial charge in [0.25, 0.3) is 0 Å². The second-order valence-corrected chi connectivity index (χ2v) is 6.78. The van der Waals surface area contributed by atoms with Crippen molar-refractivity contribution in [1.29, 1.82) is 0 Å². The van der Waals surface area contributed by atoms with E-state index in [2.05, 4.69) is 37.9 Å². The van der Waals surface area contributed by atoms with Crippen LogP contribution >= 0.6 is 0 Å². The molecule has 0 heterocycles. The van der Waals surface area contributed by atoms with E-state index < -0.39 is 0 Å². The van der Waals surface area contributed by atoms with Gasteiger partial charge >= 0.3 is 0 Å². The fourth-order valence-electron chi connectivity index (χ4n) is 4.03. The molecule has 4 atom stereocenters. The van der Waals surface area contributed by atoms with Crippen LogP contribution in [0.3, 0.4) is 0 Å². The van der Waals surface area contributed by atoms with Crippen LogP contribution in [0.25, 0.3) is 0 Å². The van der Waals surface area contributed by atoms with E-state index in [4.69, 9.17) is 4.74 Å². The lowest BCUT2D eigenvalue weighted by molar-refractivity contribution is 0.0707. The first-order valence-corrected chi connectivity index (χ1v) is 9.12. The summed E-state index contributed by atoms with van der Waals surface area (Å²) in [4.78, 5) is 2.60. The molecule has 0 amide bonds. The van der Waals surface area contributed by atoms with Crippen LogP contribution in [0, 0.1) is 11.8 Å². The first-order chi connectivity index (χ1) is 10.2. The highest BCUT2D eigenvalue weighted by molar-refractivity contribution is 4.87. The molecule has 0 radical (unpaired) electrons. The van der Waals surface area contributed by atoms with Crippen LogP contribution in [0.4, 0.5) is 0 Å². The van der Waals surface area contributed by atoms with E-state index in [-0.39, 0.29) is 0 Å². The van der Waals surface area contributed by atoms with Crippen LogP contribution in [0.15, 0.2) is 0 Å². The summed E-state index contributed by atoms with van der Waals surface area (Å²) in [6.07, 6.45) is 6.93. The molecular formula is C18H38N2O. The van der Waals surface area contributed by atoms with E-state index in [9.17, 15) is 0 Å². The quantitative estimate of drug-likeness (QED) is 0.667. The van der Waals surface area contributed by atoms with Gasteiger partial charge in [0.2, 0.25) is 0 Å². The Morgan fingerprint density at radius 2 is 2.00 bits per heavy atom. The summed E-state index contributed by atoms with van der Waals surface area (Å²) in [5.74, 6) is 1.75. The van der Waals surface area contributed by atoms with Crippen molar-refractivity contribution >= 4 is 0 Å². The van der Waals surface area contributed by atoms with Crippen LogP contribution in [0.2, 0.25) is 0 Å². The van der Waals surface area contributed by atoms with Crippen molar-refractivity contribution in [1.82, 2.24) is 10.2 Å². The van der Waals surface area contributed by atoms with Crippen molar-refractivity contribution in [2.75, 3.05) is 33.4 Å². The Balaban J connectivity index is 2.62. The molecule has 0 aromatic rings. The molecule has 4 unspecified atom stereocenters. The summed E-state index contributed by atoms with van der Waals surface area (Å²) in [6, 6.07) is 1.24. The molecule has 1 rings (SSSR count). The Morgan fingerprint density at radius 1 is 1.24 bits per heavy atom. The second kappa shape index (κ2) is 10.6. The fraction of sp³-hybridized carbons (Fsp3) is 1.00. The van der Waals surface area contributed by atoms with Crippen molar-refractivity contribution in [3.63, 3.8) is 0 Å². The summed E-state index contributed by atoms with van der Waals surface area (Å²) in [7, 11) is 1.81. The molecule has 0 aromatic carbocycles. The third-order valence-corrected chi connectivity index (χ3v) is 5.16. The number of hydrogen-bond donors (Lipinski definition) is 1. The summed E-state index contributed by atoms with van der Waals surface area (Å²) in [6.45, 7) is 13.4. The standard InChI is InChI=1S/C18H38N2O/c1-6-9-16-10-11-18(19-7-2)17(12-16)13-20(8-3)15(4)14-21-5/h15-19H,6-14H2,1-5H3. The van der Waals surface area contributed by atoms with Crippen molar-refractivity contribution < 1.29 is 4.74 Å². The second-order valence-electron chi connectivity index (χ2n) is 6.78. The Bertz CT molecular complexity index is 260. The van der Waals surface area contributed by atoms with Crippen LogP contribution in [0.1, 0.15) is 59.8 Å². The summed E-state index contributed by atoms with van der Waals surface area (Å²) in [5.41, 5.74) is 0. The van der Waals surface area contributed by atoms with Crippen LogP contribution in [0.5, 0.6) is 0 Å². The minimum Gasteiger partial charge on any atom is -0.383 e. The van der Waals surface area contributed by atoms with Gasteiger partial charge in [-0.2, -0.15) is 0 Å². The molecule has 1 saturated carbocycles. The van der Waals surface area contributed by atoms with Crippen LogP contribution in [-0.2, 0) is 4.74 Å². The van der Waals surface area contributed by atoms with Crippen molar-refractivity contribution in [2.24, 2.45) is 11.8 Å². The number of ether oxygens (including phenoxy) is 1. The van der Waals surface area contributed by atoms with E-state index in [0.717, 1.165) is 31.5 Å². The summed E-state index contributed by atoms with van der Waals surface area (Å²) < 4.78 is 5.35. The molecule has 0 bridgehead atoms. The minimum atomic E-state index is 0.522. The van der Waals surface area contributed by atoms with Gasteiger partial charge in [-0.25, -0.2) is 0 Å². The predicted octanol–water partition coefficient (Wildman–Crippen LogP) is 3.54. The molecule has 1 fully saturated rings. The molecule has 126 valence electrons. The Hall–Kier alpha value is -0.120. The largest absolute Gasteiger partial charge is 0.383 e. The lowest BCUT2D eigenvalue weighted by Gasteiger charge is -2.40. The van der Waals surface area contributed by atoms with Crippen molar-refractivity contribution in [3.05, 3.63) is 0 Å². The lowest BCUT2D eigenvalue weighted by Crippen LogP contribution is -2.48. The molecule has 0 aromatic heterocycles. The number of nitrogens with one attached hydrogen (secondary N) is 1. The average Bonchev–Trinajstić information content (AvgIpc) is 2.47. The van der Waals surface area contributed by atoms with E-state index in [1.165, 1.54) is 38.6 Å². The maximum Gasteiger partial charge on any atom is 0.0615 e. The molecule has 3 heteroatoms. The highest BCUT2D eigenvalue weighted by Gasteiger charge is 2.31. The number of hydrogen-bond acceptors (Lipinski definition) is 3. The summed E-state index contributed by atoms with van der Waals surface area (Å²) in [5, 5.41) is 3.74. The molecular weight excluding hydrogens is 260 g/mol. The first-order valence-electron chi connectivity index (χ1n) is 9.12. The topological polar surface area (TPSA) is 24.5 Å². The van der Waals surface area contributed by atoms with Gasteiger partial charge in [-0.05, 0) is 51.1 Å². The SMILES string of the molecule is CCCC1CCC(NCC)C(CN(CC)C(C)COC)C1. The molecule has 0 aliphatic heterocycles. The van der Waals surface area contributed by atoms with E-state index in [1.54, 1.807) is 0 Å². The Kier molecular flexibility index (Phi) is 9.54. The predicted molar refractivity (Wildman–Crippen MR) is 91.8 cm³/mol. The number of likely N-dealkylation sites (N-methyl/N-ethyl adjacent to an activating group) is 1. The van der Waals surface area contributed by atoms with E-state index in [0.29, 0.717) is 12.1 Å². The van der Waals surface area contributed by atoms with Gasteiger partial charge in [-0.3, -0.25) is 4.90 Å². The van der Waals surface area contributed by atoms with Gasteiger partial charge in [0.05, 0.1) is 6.61 Å². The number of rotatable bonds is 10. The molecule has 3 nitrogen and oxygen atoms in total. The van der Waals surface area contributed by atoms with Gasteiger partial charge in [0.15, 0.2) is 0 Å². The van der Waals surface area contributed by atoms with E-state index in [1.807, 2.05) is 7.11 Å². The zero-order valence-corrected chi connectivity index (χ0v) is 15.0. The monoisotopic (exact) mass is 298 g/mol. The highest BCUT2D eigenvalue weighted by Crippen LogP contribution is 2.33. The molecule has 0 saturated heterocycles. The maximum absolute atomic E-state index is 5.35. The molecule has 1 N–H and O–H groups in total. The average molecular weight is 299 g/mol. The highest BCUT2D eigenvalue weighted by atomic mass is 16.5. The third-order valence-electron chi connectivity index (χ3n) is 5.16. The molecule has 0 spiro atoms. The molecule has 21 heavy (non-hydrogen) atoms. The van der Waals surface area contributed by atoms with Gasteiger partial charge in [-0.15, -0.1) is 0 Å². The van der Waals surface area contributed by atoms with Crippen molar-refractivity contribution in [2.45, 2.75) is 71.9 Å². The third kappa shape index (κ3) is 6.25.